The van der Waals surface area contributed by atoms with Crippen LogP contribution in [0, 0.1) is 12.8 Å². The quantitative estimate of drug-likeness (QED) is 0.841. The number of benzene rings is 1. The molecule has 21 heavy (non-hydrogen) atoms. The van der Waals surface area contributed by atoms with Crippen molar-refractivity contribution in [3.63, 3.8) is 0 Å². The Kier molecular flexibility index (Phi) is 6.32. The standard InChI is InChI=1S/C15H21ClN2O2.ClH/c1-10-7-12(5-6-13(10)16)20-8-14(19)18-15(2,9-17)11-3-4-11;/h5-7,11H,3-4,8-9,17H2,1-2H3,(H,18,19);1H. The fourth-order valence-corrected chi connectivity index (χ4v) is 2.37. The second kappa shape index (κ2) is 7.34. The highest BCUT2D eigenvalue weighted by molar-refractivity contribution is 6.31. The van der Waals surface area contributed by atoms with E-state index >= 15 is 0 Å². The molecule has 0 aromatic heterocycles. The van der Waals surface area contributed by atoms with Crippen LogP contribution in [0.4, 0.5) is 0 Å². The van der Waals surface area contributed by atoms with Gasteiger partial charge in [-0.3, -0.25) is 4.79 Å². The highest BCUT2D eigenvalue weighted by atomic mass is 35.5. The molecule has 1 unspecified atom stereocenters. The normalized spacial score (nSPS) is 16.6. The second-order valence-corrected chi connectivity index (χ2v) is 6.05. The molecular weight excluding hydrogens is 311 g/mol. The molecule has 118 valence electrons. The van der Waals surface area contributed by atoms with Gasteiger partial charge < -0.3 is 15.8 Å². The van der Waals surface area contributed by atoms with Gasteiger partial charge in [0.05, 0.1) is 5.54 Å². The Labute approximate surface area is 136 Å². The minimum Gasteiger partial charge on any atom is -0.484 e. The molecule has 1 aliphatic carbocycles. The zero-order chi connectivity index (χ0) is 14.8. The average molecular weight is 333 g/mol. The molecule has 0 spiro atoms. The topological polar surface area (TPSA) is 64.3 Å². The molecule has 1 amide bonds. The Balaban J connectivity index is 0.00000220. The summed E-state index contributed by atoms with van der Waals surface area (Å²) in [7, 11) is 0. The number of carbonyl (C=O) groups is 1. The first-order valence-corrected chi connectivity index (χ1v) is 7.22. The summed E-state index contributed by atoms with van der Waals surface area (Å²) in [6.45, 7) is 4.33. The SMILES string of the molecule is Cc1cc(OCC(=O)NC(C)(CN)C2CC2)ccc1Cl.Cl. The van der Waals surface area contributed by atoms with Crippen molar-refractivity contribution in [3.05, 3.63) is 28.8 Å². The Morgan fingerprint density at radius 2 is 2.19 bits per heavy atom. The van der Waals surface area contributed by atoms with Crippen molar-refractivity contribution >= 4 is 29.9 Å². The van der Waals surface area contributed by atoms with Crippen molar-refractivity contribution in [2.75, 3.05) is 13.2 Å². The molecule has 1 aromatic rings. The summed E-state index contributed by atoms with van der Waals surface area (Å²) < 4.78 is 5.48. The van der Waals surface area contributed by atoms with Gasteiger partial charge in [-0.1, -0.05) is 11.6 Å². The van der Waals surface area contributed by atoms with Gasteiger partial charge in [-0.05, 0) is 56.4 Å². The monoisotopic (exact) mass is 332 g/mol. The van der Waals surface area contributed by atoms with E-state index < -0.39 is 0 Å². The van der Waals surface area contributed by atoms with Crippen LogP contribution in [0.2, 0.25) is 5.02 Å². The average Bonchev–Trinajstić information content (AvgIpc) is 3.25. The largest absolute Gasteiger partial charge is 0.484 e. The molecule has 1 aromatic carbocycles. The maximum absolute atomic E-state index is 12.0. The van der Waals surface area contributed by atoms with E-state index in [0.717, 1.165) is 18.4 Å². The lowest BCUT2D eigenvalue weighted by atomic mass is 9.96. The summed E-state index contributed by atoms with van der Waals surface area (Å²) in [6, 6.07) is 5.34. The minimum absolute atomic E-state index is 0. The van der Waals surface area contributed by atoms with E-state index in [1.807, 2.05) is 19.9 Å². The number of rotatable bonds is 6. The summed E-state index contributed by atoms with van der Waals surface area (Å²) in [5.41, 5.74) is 6.39. The van der Waals surface area contributed by atoms with Crippen LogP contribution in [0.15, 0.2) is 18.2 Å². The van der Waals surface area contributed by atoms with Gasteiger partial charge >= 0.3 is 0 Å². The molecule has 3 N–H and O–H groups in total. The molecule has 0 aliphatic heterocycles. The third kappa shape index (κ3) is 4.77. The second-order valence-electron chi connectivity index (χ2n) is 5.64. The lowest BCUT2D eigenvalue weighted by Gasteiger charge is -2.29. The molecule has 1 saturated carbocycles. The number of hydrogen-bond acceptors (Lipinski definition) is 3. The Morgan fingerprint density at radius 3 is 2.71 bits per heavy atom. The third-order valence-corrected chi connectivity index (χ3v) is 4.25. The van der Waals surface area contributed by atoms with Crippen molar-refractivity contribution in [2.24, 2.45) is 11.7 Å². The maximum Gasteiger partial charge on any atom is 0.258 e. The van der Waals surface area contributed by atoms with Gasteiger partial charge in [0.2, 0.25) is 0 Å². The lowest BCUT2D eigenvalue weighted by Crippen LogP contribution is -2.54. The number of carbonyl (C=O) groups excluding carboxylic acids is 1. The van der Waals surface area contributed by atoms with E-state index in [9.17, 15) is 4.79 Å². The van der Waals surface area contributed by atoms with Crippen LogP contribution in [0.5, 0.6) is 5.75 Å². The van der Waals surface area contributed by atoms with E-state index in [-0.39, 0.29) is 30.5 Å². The van der Waals surface area contributed by atoms with Crippen LogP contribution >= 0.6 is 24.0 Å². The molecule has 1 aliphatic rings. The molecular formula is C15H22Cl2N2O2. The van der Waals surface area contributed by atoms with Crippen molar-refractivity contribution < 1.29 is 9.53 Å². The number of ether oxygens (including phenoxy) is 1. The number of halogens is 2. The van der Waals surface area contributed by atoms with Gasteiger partial charge in [0.15, 0.2) is 6.61 Å². The molecule has 6 heteroatoms. The first-order chi connectivity index (χ1) is 9.44. The molecule has 1 fully saturated rings. The molecule has 1 atom stereocenters. The highest BCUT2D eigenvalue weighted by Gasteiger charge is 2.41. The van der Waals surface area contributed by atoms with Gasteiger partial charge in [0.25, 0.3) is 5.91 Å². The van der Waals surface area contributed by atoms with Crippen molar-refractivity contribution in [3.8, 4) is 5.75 Å². The predicted molar refractivity (Wildman–Crippen MR) is 87.3 cm³/mol. The summed E-state index contributed by atoms with van der Waals surface area (Å²) in [5.74, 6) is 0.995. The van der Waals surface area contributed by atoms with Crippen LogP contribution < -0.4 is 15.8 Å². The van der Waals surface area contributed by atoms with Gasteiger partial charge in [-0.25, -0.2) is 0 Å². The van der Waals surface area contributed by atoms with Gasteiger partial charge in [0.1, 0.15) is 5.75 Å². The minimum atomic E-state index is -0.309. The summed E-state index contributed by atoms with van der Waals surface area (Å²) in [4.78, 5) is 12.0. The van der Waals surface area contributed by atoms with Gasteiger partial charge in [-0.15, -0.1) is 12.4 Å². The number of nitrogens with two attached hydrogens (primary N) is 1. The predicted octanol–water partition coefficient (Wildman–Crippen LogP) is 2.69. The zero-order valence-corrected chi connectivity index (χ0v) is 13.9. The molecule has 0 radical (unpaired) electrons. The molecule has 4 nitrogen and oxygen atoms in total. The van der Waals surface area contributed by atoms with Crippen LogP contribution in [-0.4, -0.2) is 24.6 Å². The van der Waals surface area contributed by atoms with E-state index in [1.165, 1.54) is 0 Å². The van der Waals surface area contributed by atoms with Gasteiger partial charge in [-0.2, -0.15) is 0 Å². The van der Waals surface area contributed by atoms with Crippen LogP contribution in [-0.2, 0) is 4.79 Å². The van der Waals surface area contributed by atoms with E-state index in [0.29, 0.717) is 23.2 Å². The number of hydrogen-bond donors (Lipinski definition) is 2. The molecule has 0 saturated heterocycles. The maximum atomic E-state index is 12.0. The number of aryl methyl sites for hydroxylation is 1. The Bertz CT molecular complexity index is 506. The van der Waals surface area contributed by atoms with Crippen molar-refractivity contribution in [1.82, 2.24) is 5.32 Å². The first-order valence-electron chi connectivity index (χ1n) is 6.84. The van der Waals surface area contributed by atoms with E-state index in [1.54, 1.807) is 12.1 Å². The molecule has 0 heterocycles. The number of nitrogens with one attached hydrogen (secondary N) is 1. The van der Waals surface area contributed by atoms with Crippen molar-refractivity contribution in [1.29, 1.82) is 0 Å². The zero-order valence-electron chi connectivity index (χ0n) is 12.3. The fraction of sp³-hybridized carbons (Fsp3) is 0.533. The Morgan fingerprint density at radius 1 is 1.52 bits per heavy atom. The smallest absolute Gasteiger partial charge is 0.258 e. The molecule has 0 bridgehead atoms. The lowest BCUT2D eigenvalue weighted by molar-refractivity contribution is -0.125. The van der Waals surface area contributed by atoms with E-state index in [4.69, 9.17) is 22.1 Å². The van der Waals surface area contributed by atoms with Crippen molar-refractivity contribution in [2.45, 2.75) is 32.2 Å². The first kappa shape index (κ1) is 18.1. The van der Waals surface area contributed by atoms with E-state index in [2.05, 4.69) is 5.32 Å². The van der Waals surface area contributed by atoms with Gasteiger partial charge in [0, 0.05) is 11.6 Å². The van der Waals surface area contributed by atoms with Crippen LogP contribution in [0.1, 0.15) is 25.3 Å². The Hall–Kier alpha value is -0.970. The third-order valence-electron chi connectivity index (χ3n) is 3.83. The summed E-state index contributed by atoms with van der Waals surface area (Å²) in [5, 5.41) is 3.67. The molecule has 2 rings (SSSR count). The van der Waals surface area contributed by atoms with Crippen LogP contribution in [0.25, 0.3) is 0 Å². The summed E-state index contributed by atoms with van der Waals surface area (Å²) in [6.07, 6.45) is 2.26. The number of amides is 1. The highest BCUT2D eigenvalue weighted by Crippen LogP contribution is 2.38. The summed E-state index contributed by atoms with van der Waals surface area (Å²) >= 11 is 5.94. The van der Waals surface area contributed by atoms with Crippen LogP contribution in [0.3, 0.4) is 0 Å². The fourth-order valence-electron chi connectivity index (χ4n) is 2.25.